The maximum atomic E-state index is 13.2. The van der Waals surface area contributed by atoms with Crippen molar-refractivity contribution in [3.63, 3.8) is 0 Å². The van der Waals surface area contributed by atoms with Gasteiger partial charge in [0.15, 0.2) is 0 Å². The number of hydrogen-bond acceptors (Lipinski definition) is 4. The van der Waals surface area contributed by atoms with Crippen molar-refractivity contribution >= 4 is 11.8 Å². The molecule has 4 fully saturated rings. The first-order chi connectivity index (χ1) is 11.1. The molecule has 2 aliphatic heterocycles. The first kappa shape index (κ1) is 16.1. The number of carbonyl (C=O) groups excluding carboxylic acids is 2. The molecule has 7 atom stereocenters. The van der Waals surface area contributed by atoms with Crippen molar-refractivity contribution in [2.45, 2.75) is 58.8 Å². The van der Waals surface area contributed by atoms with Crippen LogP contribution in [0.4, 0.5) is 0 Å². The van der Waals surface area contributed by atoms with Gasteiger partial charge < -0.3 is 9.47 Å². The molecule has 4 rings (SSSR count). The van der Waals surface area contributed by atoms with E-state index in [1.54, 1.807) is 6.08 Å². The molecule has 2 heterocycles. The van der Waals surface area contributed by atoms with Gasteiger partial charge in [-0.2, -0.15) is 0 Å². The molecule has 0 aromatic rings. The van der Waals surface area contributed by atoms with Gasteiger partial charge in [0.1, 0.15) is 18.0 Å². The van der Waals surface area contributed by atoms with E-state index in [1.165, 1.54) is 0 Å². The molecule has 24 heavy (non-hydrogen) atoms. The molecule has 2 aliphatic carbocycles. The molecule has 0 amide bonds. The van der Waals surface area contributed by atoms with E-state index in [2.05, 4.69) is 13.5 Å². The second kappa shape index (κ2) is 4.40. The van der Waals surface area contributed by atoms with Crippen molar-refractivity contribution in [2.75, 3.05) is 0 Å². The van der Waals surface area contributed by atoms with Gasteiger partial charge in [0, 0.05) is 17.3 Å². The van der Waals surface area contributed by atoms with Crippen LogP contribution in [0.15, 0.2) is 24.3 Å². The summed E-state index contributed by atoms with van der Waals surface area (Å²) in [5.74, 6) is -0.129. The molecular weight excluding hydrogens is 304 g/mol. The molecule has 130 valence electrons. The van der Waals surface area contributed by atoms with E-state index in [-0.39, 0.29) is 47.1 Å². The summed E-state index contributed by atoms with van der Waals surface area (Å²) in [4.78, 5) is 25.4. The van der Waals surface area contributed by atoms with E-state index < -0.39 is 11.0 Å². The van der Waals surface area contributed by atoms with Crippen LogP contribution in [-0.2, 0) is 19.1 Å². The van der Waals surface area contributed by atoms with Gasteiger partial charge in [-0.25, -0.2) is 4.79 Å². The minimum atomic E-state index is -0.578. The number of Topliss-reactive ketones (excluding diaryl/α,β-unsaturated/α-hetero) is 1. The van der Waals surface area contributed by atoms with Gasteiger partial charge in [-0.15, -0.1) is 6.58 Å². The summed E-state index contributed by atoms with van der Waals surface area (Å²) >= 11 is 0. The van der Waals surface area contributed by atoms with E-state index in [4.69, 9.17) is 9.47 Å². The Kier molecular flexibility index (Phi) is 2.95. The topological polar surface area (TPSA) is 52.6 Å². The maximum absolute atomic E-state index is 13.2. The molecule has 0 aromatic carbocycles. The lowest BCUT2D eigenvalue weighted by atomic mass is 9.54. The minimum Gasteiger partial charge on any atom is -0.455 e. The van der Waals surface area contributed by atoms with Crippen LogP contribution < -0.4 is 0 Å². The van der Waals surface area contributed by atoms with Crippen LogP contribution >= 0.6 is 0 Å². The van der Waals surface area contributed by atoms with Gasteiger partial charge in [0.25, 0.3) is 0 Å². The Bertz CT molecular complexity index is 690. The van der Waals surface area contributed by atoms with Crippen molar-refractivity contribution in [3.8, 4) is 0 Å². The zero-order valence-corrected chi connectivity index (χ0v) is 15.1. The second-order valence-electron chi connectivity index (χ2n) is 8.88. The summed E-state index contributed by atoms with van der Waals surface area (Å²) in [5, 5.41) is 0. The van der Waals surface area contributed by atoms with Gasteiger partial charge >= 0.3 is 5.97 Å². The minimum absolute atomic E-state index is 0.00937. The third kappa shape index (κ3) is 1.50. The zero-order valence-electron chi connectivity index (χ0n) is 15.1. The first-order valence-corrected chi connectivity index (χ1v) is 8.84. The van der Waals surface area contributed by atoms with Crippen LogP contribution in [0, 0.1) is 28.6 Å². The Balaban J connectivity index is 1.89. The van der Waals surface area contributed by atoms with Crippen molar-refractivity contribution in [2.24, 2.45) is 28.6 Å². The number of allylic oxidation sites excluding steroid dienone is 2. The third-order valence-electron chi connectivity index (χ3n) is 7.44. The lowest BCUT2D eigenvalue weighted by molar-refractivity contribution is -0.148. The highest BCUT2D eigenvalue weighted by atomic mass is 16.6. The average Bonchev–Trinajstić information content (AvgIpc) is 3.00. The fourth-order valence-electron chi connectivity index (χ4n) is 6.64. The molecule has 2 saturated heterocycles. The maximum Gasteiger partial charge on any atom is 0.336 e. The molecule has 4 nitrogen and oxygen atoms in total. The van der Waals surface area contributed by atoms with E-state index in [1.807, 2.05) is 33.8 Å². The Morgan fingerprint density at radius 2 is 1.88 bits per heavy atom. The predicted octanol–water partition coefficient (Wildman–Crippen LogP) is 3.07. The second-order valence-corrected chi connectivity index (χ2v) is 8.88. The van der Waals surface area contributed by atoms with Gasteiger partial charge in [-0.1, -0.05) is 32.9 Å². The van der Waals surface area contributed by atoms with E-state index in [9.17, 15) is 9.59 Å². The molecule has 4 aliphatic rings. The smallest absolute Gasteiger partial charge is 0.336 e. The lowest BCUT2D eigenvalue weighted by Gasteiger charge is -2.48. The highest BCUT2D eigenvalue weighted by Crippen LogP contribution is 2.71. The van der Waals surface area contributed by atoms with Crippen LogP contribution in [0.3, 0.4) is 0 Å². The third-order valence-corrected chi connectivity index (χ3v) is 7.44. The van der Waals surface area contributed by atoms with Gasteiger partial charge in [0.05, 0.1) is 11.2 Å². The summed E-state index contributed by atoms with van der Waals surface area (Å²) in [6.45, 7) is 14.2. The molecule has 0 unspecified atom stereocenters. The number of ketones is 1. The van der Waals surface area contributed by atoms with E-state index >= 15 is 0 Å². The standard InChI is InChI=1S/C20H26O4/c1-7-10-13-14(23-17(10)22)15-19(5)9-11(20(15,6)24-13)16(21)18(3,4)12(19)8-2/h7-8,11-15H,2,9H2,1,3-6H3/b10-7+/t11-,12+,13-,14+,15+,19+,20+/m0/s1. The normalized spacial score (nSPS) is 53.0. The summed E-state index contributed by atoms with van der Waals surface area (Å²) < 4.78 is 12.2. The summed E-state index contributed by atoms with van der Waals surface area (Å²) in [6.07, 6.45) is 3.85. The summed E-state index contributed by atoms with van der Waals surface area (Å²) in [5.41, 5.74) is -0.622. The molecule has 2 bridgehead atoms. The number of fused-ring (bicyclic) bond motifs is 7. The number of esters is 1. The van der Waals surface area contributed by atoms with Crippen LogP contribution in [-0.4, -0.2) is 29.6 Å². The Labute approximate surface area is 143 Å². The molecular formula is C20H26O4. The quantitative estimate of drug-likeness (QED) is 0.421. The number of carbonyl (C=O) groups is 2. The lowest BCUT2D eigenvalue weighted by Crippen LogP contribution is -2.50. The predicted molar refractivity (Wildman–Crippen MR) is 89.1 cm³/mol. The largest absolute Gasteiger partial charge is 0.455 e. The van der Waals surface area contributed by atoms with Gasteiger partial charge in [-0.05, 0) is 31.6 Å². The van der Waals surface area contributed by atoms with Crippen LogP contribution in [0.2, 0.25) is 0 Å². The van der Waals surface area contributed by atoms with Gasteiger partial charge in [0.2, 0.25) is 0 Å². The van der Waals surface area contributed by atoms with Crippen molar-refractivity contribution in [1.29, 1.82) is 0 Å². The molecule has 2 saturated carbocycles. The Morgan fingerprint density at radius 3 is 2.46 bits per heavy atom. The molecule has 0 radical (unpaired) electrons. The average molecular weight is 330 g/mol. The van der Waals surface area contributed by atoms with Crippen molar-refractivity contribution in [1.82, 2.24) is 0 Å². The van der Waals surface area contributed by atoms with Crippen molar-refractivity contribution in [3.05, 3.63) is 24.3 Å². The van der Waals surface area contributed by atoms with Gasteiger partial charge in [-0.3, -0.25) is 4.79 Å². The monoisotopic (exact) mass is 330 g/mol. The molecule has 0 spiro atoms. The highest BCUT2D eigenvalue weighted by molar-refractivity contribution is 5.93. The molecule has 4 heteroatoms. The number of rotatable bonds is 1. The number of ether oxygens (including phenoxy) is 2. The SMILES string of the molecule is C=C[C@@H]1C(C)(C)C(=O)[C@@H]2C[C@@]1(C)[C@H]1[C@@H]3OC(=O)/C(=C/C)[C@@H]3O[C@@]12C. The van der Waals surface area contributed by atoms with Crippen LogP contribution in [0.1, 0.15) is 41.0 Å². The van der Waals surface area contributed by atoms with E-state index in [0.29, 0.717) is 5.57 Å². The highest BCUT2D eigenvalue weighted by Gasteiger charge is 2.77. The van der Waals surface area contributed by atoms with Crippen molar-refractivity contribution < 1.29 is 19.1 Å². The first-order valence-electron chi connectivity index (χ1n) is 8.84. The summed E-state index contributed by atoms with van der Waals surface area (Å²) in [7, 11) is 0. The fraction of sp³-hybridized carbons (Fsp3) is 0.700. The van der Waals surface area contributed by atoms with Crippen LogP contribution in [0.25, 0.3) is 0 Å². The summed E-state index contributed by atoms with van der Waals surface area (Å²) in [6, 6.07) is 0. The molecule has 0 N–H and O–H groups in total. The zero-order chi connectivity index (χ0) is 17.7. The van der Waals surface area contributed by atoms with E-state index in [0.717, 1.165) is 6.42 Å². The van der Waals surface area contributed by atoms with Crippen LogP contribution in [0.5, 0.6) is 0 Å². The molecule has 0 aromatic heterocycles. The number of hydrogen-bond donors (Lipinski definition) is 0. The fourth-order valence-corrected chi connectivity index (χ4v) is 6.64. The Morgan fingerprint density at radius 1 is 1.21 bits per heavy atom. The Hall–Kier alpha value is -1.42.